The summed E-state index contributed by atoms with van der Waals surface area (Å²) < 4.78 is 14.4. The van der Waals surface area contributed by atoms with E-state index in [-0.39, 0.29) is 11.4 Å². The Balaban J connectivity index is 0.000000250. The number of ether oxygens (including phenoxy) is 3. The minimum Gasteiger partial charge on any atom is -0.434 e. The molecule has 0 saturated heterocycles. The van der Waals surface area contributed by atoms with Crippen molar-refractivity contribution in [1.29, 1.82) is 0 Å². The zero-order chi connectivity index (χ0) is 35.5. The molecule has 0 aromatic rings. The summed E-state index contributed by atoms with van der Waals surface area (Å²) in [5.74, 6) is 2.30. The monoisotopic (exact) mass is 666 g/mol. The number of esters is 3. The van der Waals surface area contributed by atoms with Crippen molar-refractivity contribution in [3.05, 3.63) is 71.6 Å². The molecule has 0 amide bonds. The van der Waals surface area contributed by atoms with Gasteiger partial charge in [0.2, 0.25) is 0 Å². The molecule has 3 saturated carbocycles. The Morgan fingerprint density at radius 2 is 1.53 bits per heavy atom. The first-order chi connectivity index (χ1) is 21.9. The smallest absolute Gasteiger partial charge is 0.307 e. The van der Waals surface area contributed by atoms with Gasteiger partial charge in [-0.05, 0) is 106 Å². The second kappa shape index (κ2) is 18.0. The molecule has 0 aromatic heterocycles. The molecule has 0 radical (unpaired) electrons. The molecule has 0 spiro atoms. The van der Waals surface area contributed by atoms with Gasteiger partial charge in [0.05, 0.1) is 14.3 Å². The predicted octanol–water partition coefficient (Wildman–Crippen LogP) is 10.4. The second-order valence-electron chi connectivity index (χ2n) is 15.0. The highest BCUT2D eigenvalue weighted by atomic mass is 28.3. The van der Waals surface area contributed by atoms with Gasteiger partial charge in [0.25, 0.3) is 6.29 Å². The van der Waals surface area contributed by atoms with E-state index in [4.69, 9.17) is 14.2 Å². The van der Waals surface area contributed by atoms with Crippen LogP contribution in [-0.4, -0.2) is 32.3 Å². The zero-order valence-corrected chi connectivity index (χ0v) is 32.0. The van der Waals surface area contributed by atoms with Crippen LogP contribution in [0.15, 0.2) is 71.6 Å². The average molecular weight is 667 g/mol. The fourth-order valence-electron chi connectivity index (χ4n) is 7.58. The number of carbonyl (C=O) groups excluding carboxylic acids is 3. The quantitative estimate of drug-likeness (QED) is 0.0545. The van der Waals surface area contributed by atoms with E-state index in [2.05, 4.69) is 53.1 Å². The van der Waals surface area contributed by atoms with Crippen molar-refractivity contribution in [3.8, 4) is 0 Å². The molecule has 6 nitrogen and oxygen atoms in total. The third kappa shape index (κ3) is 11.9. The fraction of sp³-hybridized carbons (Fsp3) is 0.625. The number of hydrogen-bond donors (Lipinski definition) is 0. The third-order valence-corrected chi connectivity index (χ3v) is 14.1. The van der Waals surface area contributed by atoms with Crippen molar-refractivity contribution in [3.63, 3.8) is 0 Å². The van der Waals surface area contributed by atoms with E-state index in [1.165, 1.54) is 89.3 Å². The molecule has 0 aromatic carbocycles. The number of carbonyl (C=O) groups is 3. The van der Waals surface area contributed by atoms with Crippen LogP contribution in [0, 0.1) is 29.1 Å². The molecule has 0 heterocycles. The van der Waals surface area contributed by atoms with E-state index in [0.717, 1.165) is 35.7 Å². The molecular formula is C40H62O6Si. The average Bonchev–Trinajstić information content (AvgIpc) is 3.77. The first kappa shape index (κ1) is 40.2. The van der Waals surface area contributed by atoms with Gasteiger partial charge in [-0.25, -0.2) is 0 Å². The Labute approximate surface area is 286 Å². The van der Waals surface area contributed by atoms with Crippen LogP contribution >= 0.6 is 0 Å². The maximum atomic E-state index is 10.7. The molecule has 4 aliphatic carbocycles. The van der Waals surface area contributed by atoms with Gasteiger partial charge in [0.15, 0.2) is 0 Å². The maximum Gasteiger partial charge on any atom is 0.307 e. The molecule has 7 heteroatoms. The van der Waals surface area contributed by atoms with Gasteiger partial charge in [-0.2, -0.15) is 0 Å². The van der Waals surface area contributed by atoms with Gasteiger partial charge >= 0.3 is 17.9 Å². The first-order valence-corrected chi connectivity index (χ1v) is 20.9. The Morgan fingerprint density at radius 3 is 2.00 bits per heavy atom. The van der Waals surface area contributed by atoms with E-state index in [1.807, 2.05) is 18.6 Å². The normalized spacial score (nSPS) is 26.6. The lowest BCUT2D eigenvalue weighted by Gasteiger charge is -2.35. The topological polar surface area (TPSA) is 78.9 Å². The summed E-state index contributed by atoms with van der Waals surface area (Å²) in [7, 11) is -0.879. The van der Waals surface area contributed by atoms with Gasteiger partial charge in [-0.3, -0.25) is 14.4 Å². The summed E-state index contributed by atoms with van der Waals surface area (Å²) in [6, 6.07) is 2.94. The van der Waals surface area contributed by atoms with Crippen molar-refractivity contribution in [2.45, 2.75) is 132 Å². The molecule has 0 N–H and O–H groups in total. The summed E-state index contributed by atoms with van der Waals surface area (Å²) >= 11 is 0. The molecule has 4 aliphatic rings. The van der Waals surface area contributed by atoms with E-state index in [0.29, 0.717) is 5.57 Å². The van der Waals surface area contributed by atoms with Gasteiger partial charge in [-0.1, -0.05) is 87.2 Å². The standard InChI is InChI=1S/C17H24O2.C13H24Si.C10H14O4/c1-12(11-19-14(3)18)6-5-9-17(4)13(2)15-7-8-16(17)10-15;1-5-14(3,4)9-13-10(2)11-6-7-12(13)8-11;1-5-6-7(2)10(13-8(3)11)14-9(4)12/h5-6,11,15-16H,2,7-10H2,1,3-4H3;11-12H,5-9H2,1-4H3;5-6,10H,1H2,2-4H3/b6-5+,12-11+;;7-6+/t15-,16+,17+;11-,12+;/m10./s1. The summed E-state index contributed by atoms with van der Waals surface area (Å²) in [6.45, 7) is 27.6. The lowest BCUT2D eigenvalue weighted by molar-refractivity contribution is -0.178. The van der Waals surface area contributed by atoms with Crippen molar-refractivity contribution < 1.29 is 28.6 Å². The Hall–Kier alpha value is -2.93. The van der Waals surface area contributed by atoms with Gasteiger partial charge in [0, 0.05) is 26.3 Å². The zero-order valence-electron chi connectivity index (χ0n) is 31.0. The third-order valence-electron chi connectivity index (χ3n) is 10.9. The van der Waals surface area contributed by atoms with Gasteiger partial charge in [0.1, 0.15) is 0 Å². The van der Waals surface area contributed by atoms with Crippen LogP contribution in [0.25, 0.3) is 0 Å². The molecule has 5 atom stereocenters. The maximum absolute atomic E-state index is 10.7. The molecule has 0 aliphatic heterocycles. The van der Waals surface area contributed by atoms with Crippen molar-refractivity contribution in [2.24, 2.45) is 29.1 Å². The van der Waals surface area contributed by atoms with Gasteiger partial charge in [-0.15, -0.1) is 0 Å². The van der Waals surface area contributed by atoms with Crippen LogP contribution in [0.5, 0.6) is 0 Å². The second-order valence-corrected chi connectivity index (χ2v) is 20.4. The molecular weight excluding hydrogens is 605 g/mol. The number of hydrogen-bond acceptors (Lipinski definition) is 6. The van der Waals surface area contributed by atoms with E-state index in [1.54, 1.807) is 18.6 Å². The SMILES string of the molecule is C=C/C=C(\C)C(OC(C)=O)OC(C)=O.C=C1[C@@H]2CC[C@@H](C2)[C@@]1(C)C/C=C/C(C)=C/OC(C)=O.CC[Si](C)(C)CC1=C(C)[C@H]2CC[C@@H]1C2. The Bertz CT molecular complexity index is 1270. The van der Waals surface area contributed by atoms with E-state index >= 15 is 0 Å². The van der Waals surface area contributed by atoms with Crippen molar-refractivity contribution >= 4 is 26.0 Å². The molecule has 0 unspecified atom stereocenters. The Morgan fingerprint density at radius 1 is 0.936 bits per heavy atom. The number of allylic oxidation sites excluding steroid dienone is 8. The highest BCUT2D eigenvalue weighted by molar-refractivity contribution is 6.77. The van der Waals surface area contributed by atoms with Crippen molar-refractivity contribution in [2.75, 3.05) is 0 Å². The molecule has 262 valence electrons. The van der Waals surface area contributed by atoms with Gasteiger partial charge < -0.3 is 14.2 Å². The van der Waals surface area contributed by atoms with Crippen LogP contribution in [0.2, 0.25) is 25.2 Å². The lowest BCUT2D eigenvalue weighted by Crippen LogP contribution is -2.25. The number of fused-ring (bicyclic) bond motifs is 4. The predicted molar refractivity (Wildman–Crippen MR) is 195 cm³/mol. The lowest BCUT2D eigenvalue weighted by atomic mass is 9.69. The minimum atomic E-state index is -0.956. The van der Waals surface area contributed by atoms with Crippen LogP contribution in [-0.2, 0) is 28.6 Å². The summed E-state index contributed by atoms with van der Waals surface area (Å²) in [4.78, 5) is 32.1. The molecule has 47 heavy (non-hydrogen) atoms. The van der Waals surface area contributed by atoms with Crippen LogP contribution < -0.4 is 0 Å². The van der Waals surface area contributed by atoms with E-state index in [9.17, 15) is 14.4 Å². The fourth-order valence-corrected chi connectivity index (χ4v) is 9.43. The summed E-state index contributed by atoms with van der Waals surface area (Å²) in [5, 5.41) is 0. The first-order valence-electron chi connectivity index (χ1n) is 17.5. The number of rotatable bonds is 11. The highest BCUT2D eigenvalue weighted by Gasteiger charge is 2.49. The largest absolute Gasteiger partial charge is 0.434 e. The molecule has 4 bridgehead atoms. The Kier molecular flexibility index (Phi) is 15.4. The van der Waals surface area contributed by atoms with E-state index < -0.39 is 26.3 Å². The summed E-state index contributed by atoms with van der Waals surface area (Å²) in [5.41, 5.74) is 7.00. The van der Waals surface area contributed by atoms with Crippen LogP contribution in [0.3, 0.4) is 0 Å². The molecule has 3 fully saturated rings. The van der Waals surface area contributed by atoms with Crippen molar-refractivity contribution in [1.82, 2.24) is 0 Å². The molecule has 4 rings (SSSR count). The van der Waals surface area contributed by atoms with Crippen LogP contribution in [0.4, 0.5) is 0 Å². The van der Waals surface area contributed by atoms with Crippen LogP contribution in [0.1, 0.15) is 100 Å². The summed E-state index contributed by atoms with van der Waals surface area (Å²) in [6.07, 6.45) is 17.5. The highest BCUT2D eigenvalue weighted by Crippen LogP contribution is 2.60. The minimum absolute atomic E-state index is 0.277.